The maximum atomic E-state index is 12.4. The summed E-state index contributed by atoms with van der Waals surface area (Å²) in [6.45, 7) is 1.97. The topological polar surface area (TPSA) is 86.3 Å². The number of nitrogens with zero attached hydrogens (tertiary/aromatic N) is 1. The molecule has 0 bridgehead atoms. The summed E-state index contributed by atoms with van der Waals surface area (Å²) in [5, 5.41) is 2.77. The molecule has 1 aromatic heterocycles. The van der Waals surface area contributed by atoms with E-state index in [0.29, 0.717) is 27.7 Å². The Labute approximate surface area is 160 Å². The van der Waals surface area contributed by atoms with Crippen LogP contribution in [0.4, 0.5) is 11.4 Å². The number of methoxy groups -OCH3 is 1. The molecule has 0 fully saturated rings. The van der Waals surface area contributed by atoms with Crippen LogP contribution in [0.1, 0.15) is 15.9 Å². The first-order chi connectivity index (χ1) is 13.0. The lowest BCUT2D eigenvalue weighted by Crippen LogP contribution is -2.15. The molecule has 1 unspecified atom stereocenters. The number of nitrogens with one attached hydrogen (secondary N) is 2. The average molecular weight is 381 g/mol. The number of pyridine rings is 1. The lowest BCUT2D eigenvalue weighted by atomic mass is 10.2. The molecule has 0 spiro atoms. The molecular weight excluding hydrogens is 362 g/mol. The van der Waals surface area contributed by atoms with Gasteiger partial charge in [-0.25, -0.2) is 9.71 Å². The molecule has 0 saturated carbocycles. The van der Waals surface area contributed by atoms with Crippen LogP contribution < -0.4 is 14.8 Å². The Hall–Kier alpha value is -3.03. The number of aromatic nitrogens is 1. The van der Waals surface area contributed by atoms with Crippen molar-refractivity contribution in [3.05, 3.63) is 78.0 Å². The fraction of sp³-hybridized carbons (Fsp3) is 0.100. The summed E-state index contributed by atoms with van der Waals surface area (Å²) < 4.78 is 20.3. The van der Waals surface area contributed by atoms with Crippen LogP contribution in [0.5, 0.6) is 5.88 Å². The molecule has 3 rings (SSSR count). The Bertz CT molecular complexity index is 915. The average Bonchev–Trinajstić information content (AvgIpc) is 2.69. The molecule has 3 aromatic rings. The summed E-state index contributed by atoms with van der Waals surface area (Å²) in [5.41, 5.74) is 2.69. The number of ether oxygens (including phenoxy) is 1. The molecule has 0 radical (unpaired) electrons. The molecular formula is C20H19N3O3S. The molecule has 27 heavy (non-hydrogen) atoms. The van der Waals surface area contributed by atoms with Gasteiger partial charge in [0.05, 0.1) is 24.7 Å². The lowest BCUT2D eigenvalue weighted by molar-refractivity contribution is 0.102. The van der Waals surface area contributed by atoms with Crippen molar-refractivity contribution in [1.29, 1.82) is 0 Å². The first-order valence-electron chi connectivity index (χ1n) is 8.22. The number of amides is 1. The van der Waals surface area contributed by atoms with Crippen LogP contribution in [0.15, 0.2) is 71.8 Å². The second-order valence-electron chi connectivity index (χ2n) is 5.81. The Balaban J connectivity index is 1.68. The van der Waals surface area contributed by atoms with E-state index in [1.165, 1.54) is 13.3 Å². The van der Waals surface area contributed by atoms with Crippen LogP contribution in [0, 0.1) is 6.92 Å². The largest absolute Gasteiger partial charge is 0.588 e. The van der Waals surface area contributed by atoms with E-state index in [1.807, 2.05) is 31.2 Å². The van der Waals surface area contributed by atoms with E-state index in [9.17, 15) is 9.35 Å². The lowest BCUT2D eigenvalue weighted by Gasteiger charge is -2.12. The summed E-state index contributed by atoms with van der Waals surface area (Å²) in [7, 11) is 1.53. The third-order valence-electron chi connectivity index (χ3n) is 3.77. The van der Waals surface area contributed by atoms with Gasteiger partial charge in [-0.05, 0) is 43.3 Å². The van der Waals surface area contributed by atoms with Crippen molar-refractivity contribution < 1.29 is 14.1 Å². The molecule has 0 aliphatic heterocycles. The molecule has 0 aliphatic carbocycles. The Morgan fingerprint density at radius 1 is 1.07 bits per heavy atom. The van der Waals surface area contributed by atoms with Crippen LogP contribution in [0.3, 0.4) is 0 Å². The molecule has 2 N–H and O–H groups in total. The van der Waals surface area contributed by atoms with Crippen LogP contribution in [-0.4, -0.2) is 22.6 Å². The fourth-order valence-corrected chi connectivity index (χ4v) is 3.17. The molecule has 1 heterocycles. The first kappa shape index (κ1) is 18.8. The summed E-state index contributed by atoms with van der Waals surface area (Å²) in [6, 6.07) is 17.6. The summed E-state index contributed by atoms with van der Waals surface area (Å²) in [4.78, 5) is 17.2. The summed E-state index contributed by atoms with van der Waals surface area (Å²) in [5.74, 6) is 0.185. The van der Waals surface area contributed by atoms with Crippen molar-refractivity contribution in [2.24, 2.45) is 0 Å². The van der Waals surface area contributed by atoms with Crippen LogP contribution in [-0.2, 0) is 11.4 Å². The highest BCUT2D eigenvalue weighted by atomic mass is 32.2. The van der Waals surface area contributed by atoms with E-state index in [-0.39, 0.29) is 5.91 Å². The Morgan fingerprint density at radius 2 is 1.85 bits per heavy atom. The standard InChI is InChI=1S/C20H19N3O3S/c1-14-6-9-18(10-7-14)27(25)23-16-5-3-4-15(12-16)20(24)22-17-8-11-19(26-2)21-13-17/h3-13,23H,1-2H3,(H,22,24). The van der Waals surface area contributed by atoms with Gasteiger partial charge in [-0.3, -0.25) is 4.79 Å². The predicted molar refractivity (Wildman–Crippen MR) is 106 cm³/mol. The quantitative estimate of drug-likeness (QED) is 0.635. The predicted octanol–water partition coefficient (Wildman–Crippen LogP) is 3.79. The number of rotatable bonds is 6. The maximum absolute atomic E-state index is 12.4. The van der Waals surface area contributed by atoms with E-state index in [2.05, 4.69) is 15.0 Å². The number of anilines is 2. The van der Waals surface area contributed by atoms with E-state index in [1.54, 1.807) is 36.4 Å². The summed E-state index contributed by atoms with van der Waals surface area (Å²) >= 11 is -1.41. The SMILES string of the molecule is COc1ccc(NC(=O)c2cccc(N[S+]([O-])c3ccc(C)cc3)c2)cn1. The molecule has 0 saturated heterocycles. The van der Waals surface area contributed by atoms with Gasteiger partial charge in [-0.2, -0.15) is 0 Å². The van der Waals surface area contributed by atoms with Crippen molar-refractivity contribution in [2.75, 3.05) is 17.1 Å². The fourth-order valence-electron chi connectivity index (χ4n) is 2.33. The number of carbonyl (C=O) groups excluding carboxylic acids is 1. The summed E-state index contributed by atoms with van der Waals surface area (Å²) in [6.07, 6.45) is 1.52. The van der Waals surface area contributed by atoms with Gasteiger partial charge in [0.2, 0.25) is 5.88 Å². The van der Waals surface area contributed by atoms with Crippen LogP contribution >= 0.6 is 0 Å². The van der Waals surface area contributed by atoms with Gasteiger partial charge in [0.25, 0.3) is 5.91 Å². The van der Waals surface area contributed by atoms with E-state index in [0.717, 1.165) is 5.56 Å². The van der Waals surface area contributed by atoms with Crippen LogP contribution in [0.25, 0.3) is 0 Å². The molecule has 7 heteroatoms. The van der Waals surface area contributed by atoms with Gasteiger partial charge >= 0.3 is 0 Å². The highest BCUT2D eigenvalue weighted by molar-refractivity contribution is 7.92. The highest BCUT2D eigenvalue weighted by Gasteiger charge is 2.13. The van der Waals surface area contributed by atoms with Crippen molar-refractivity contribution in [1.82, 2.24) is 4.98 Å². The van der Waals surface area contributed by atoms with Gasteiger partial charge < -0.3 is 14.6 Å². The smallest absolute Gasteiger partial charge is 0.255 e. The van der Waals surface area contributed by atoms with Gasteiger partial charge in [-0.15, -0.1) is 0 Å². The number of hydrogen-bond donors (Lipinski definition) is 2. The van der Waals surface area contributed by atoms with Gasteiger partial charge in [-0.1, -0.05) is 23.8 Å². The molecule has 1 amide bonds. The molecule has 6 nitrogen and oxygen atoms in total. The zero-order chi connectivity index (χ0) is 19.2. The highest BCUT2D eigenvalue weighted by Crippen LogP contribution is 2.19. The number of aryl methyl sites for hydroxylation is 1. The van der Waals surface area contributed by atoms with Gasteiger partial charge in [0, 0.05) is 11.6 Å². The van der Waals surface area contributed by atoms with E-state index < -0.39 is 11.4 Å². The minimum absolute atomic E-state index is 0.285. The molecule has 1 atom stereocenters. The van der Waals surface area contributed by atoms with Crippen molar-refractivity contribution in [2.45, 2.75) is 11.8 Å². The van der Waals surface area contributed by atoms with Gasteiger partial charge in [0.1, 0.15) is 11.4 Å². The van der Waals surface area contributed by atoms with Crippen molar-refractivity contribution >= 4 is 28.6 Å². The third-order valence-corrected chi connectivity index (χ3v) is 4.90. The van der Waals surface area contributed by atoms with Crippen LogP contribution in [0.2, 0.25) is 0 Å². The Kier molecular flexibility index (Phi) is 5.95. The second-order valence-corrected chi connectivity index (χ2v) is 7.02. The Morgan fingerprint density at radius 3 is 2.52 bits per heavy atom. The number of hydrogen-bond acceptors (Lipinski definition) is 5. The number of carbonyl (C=O) groups is 1. The molecule has 0 aliphatic rings. The zero-order valence-corrected chi connectivity index (χ0v) is 15.7. The zero-order valence-electron chi connectivity index (χ0n) is 14.9. The third kappa shape index (κ3) is 4.99. The van der Waals surface area contributed by atoms with Crippen molar-refractivity contribution in [3.8, 4) is 5.88 Å². The second kappa shape index (κ2) is 8.57. The molecule has 138 valence electrons. The minimum atomic E-state index is -1.41. The van der Waals surface area contributed by atoms with Gasteiger partial charge in [0.15, 0.2) is 4.90 Å². The first-order valence-corrected chi connectivity index (χ1v) is 9.37. The monoisotopic (exact) mass is 381 g/mol. The minimum Gasteiger partial charge on any atom is -0.588 e. The maximum Gasteiger partial charge on any atom is 0.255 e. The van der Waals surface area contributed by atoms with Crippen molar-refractivity contribution in [3.63, 3.8) is 0 Å². The van der Waals surface area contributed by atoms with E-state index in [4.69, 9.17) is 4.74 Å². The van der Waals surface area contributed by atoms with E-state index >= 15 is 0 Å². The normalized spacial score (nSPS) is 11.5. The number of benzene rings is 2. The molecule has 2 aromatic carbocycles.